The van der Waals surface area contributed by atoms with E-state index in [1.54, 1.807) is 0 Å². The highest BCUT2D eigenvalue weighted by molar-refractivity contribution is 8.13. The summed E-state index contributed by atoms with van der Waals surface area (Å²) in [6, 6.07) is 0. The maximum Gasteiger partial charge on any atom is 0.467 e. The van der Waals surface area contributed by atoms with Crippen LogP contribution in [0.4, 0.5) is 43.9 Å². The van der Waals surface area contributed by atoms with E-state index in [9.17, 15) is 60.7 Å². The second-order valence-corrected chi connectivity index (χ2v) is 10.8. The monoisotopic (exact) mass is 536 g/mol. The smallest absolute Gasteiger partial charge is 0.425 e. The molecule has 0 N–H and O–H groups in total. The normalized spacial score (nSPS) is 18.6. The molecule has 32 heavy (non-hydrogen) atoms. The maximum atomic E-state index is 12.3. The van der Waals surface area contributed by atoms with E-state index in [0.29, 0.717) is 4.13 Å². The molecule has 194 valence electrons. The molecule has 18 heteroatoms. The molecule has 0 aromatic heterocycles. The Balaban J connectivity index is 0.000000726. The number of sulfonamides is 2. The van der Waals surface area contributed by atoms with Crippen molar-refractivity contribution in [1.29, 1.82) is 0 Å². The summed E-state index contributed by atoms with van der Waals surface area (Å²) in [5, 5.41) is -14.0. The van der Waals surface area contributed by atoms with E-state index in [-0.39, 0.29) is 0 Å². The number of likely N-dealkylation sites (tertiary alicyclic amines) is 1. The van der Waals surface area contributed by atoms with Crippen molar-refractivity contribution in [3.05, 3.63) is 4.13 Å². The Labute approximate surface area is 178 Å². The van der Waals surface area contributed by atoms with Gasteiger partial charge in [0.1, 0.15) is 0 Å². The summed E-state index contributed by atoms with van der Waals surface area (Å²) >= 11 is 0. The van der Waals surface area contributed by atoms with E-state index < -0.39 is 42.9 Å². The van der Waals surface area contributed by atoms with Crippen LogP contribution in [0.25, 0.3) is 4.13 Å². The average Bonchev–Trinajstić information content (AvgIpc) is 2.58. The van der Waals surface area contributed by atoms with E-state index in [0.717, 1.165) is 0 Å². The lowest BCUT2D eigenvalue weighted by molar-refractivity contribution is -0.914. The molecule has 0 atom stereocenters. The summed E-state index contributed by atoms with van der Waals surface area (Å²) in [6.07, 6.45) is -6.85. The maximum absolute atomic E-state index is 12.3. The number of nitrogens with zero attached hydrogens (tertiary/aromatic N) is 2. The fourth-order valence-electron chi connectivity index (χ4n) is 2.55. The Bertz CT molecular complexity index is 763. The van der Waals surface area contributed by atoms with E-state index in [1.165, 1.54) is 56.2 Å². The molecule has 0 saturated carbocycles. The van der Waals surface area contributed by atoms with Gasteiger partial charge < -0.3 is 8.61 Å². The standard InChI is InChI=1S/C10H22N.C4F10NO4S2/c1-3-4-8-11(2)9-6-5-7-10-11;5-1(6,7)3(11,12)20(16,17)15-21(18,19)4(13,14)2(8,9)10/h3-10H2,1-2H3;/q+1;-1. The Morgan fingerprint density at radius 1 is 0.719 bits per heavy atom. The fourth-order valence-corrected chi connectivity index (χ4v) is 4.92. The third-order valence-corrected chi connectivity index (χ3v) is 7.78. The van der Waals surface area contributed by atoms with Crippen LogP contribution in [0.1, 0.15) is 39.0 Å². The van der Waals surface area contributed by atoms with Crippen molar-refractivity contribution < 1.29 is 65.2 Å². The van der Waals surface area contributed by atoms with Gasteiger partial charge in [-0.15, -0.1) is 0 Å². The highest BCUT2D eigenvalue weighted by Gasteiger charge is 2.68. The van der Waals surface area contributed by atoms with Crippen LogP contribution >= 0.6 is 0 Å². The molecule has 1 heterocycles. The molecule has 0 aromatic carbocycles. The van der Waals surface area contributed by atoms with Crippen LogP contribution in [-0.4, -0.2) is 70.9 Å². The number of rotatable bonds is 7. The Morgan fingerprint density at radius 2 is 1.06 bits per heavy atom. The van der Waals surface area contributed by atoms with Gasteiger partial charge in [0.2, 0.25) is 0 Å². The first kappa shape index (κ1) is 31.1. The predicted octanol–water partition coefficient (Wildman–Crippen LogP) is 4.75. The van der Waals surface area contributed by atoms with E-state index in [4.69, 9.17) is 0 Å². The predicted molar refractivity (Wildman–Crippen MR) is 92.7 cm³/mol. The first-order valence-corrected chi connectivity index (χ1v) is 11.8. The van der Waals surface area contributed by atoms with Gasteiger partial charge in [0, 0.05) is 0 Å². The number of halogens is 10. The van der Waals surface area contributed by atoms with Gasteiger partial charge in [0.15, 0.2) is 20.0 Å². The van der Waals surface area contributed by atoms with Crippen molar-refractivity contribution in [3.8, 4) is 0 Å². The van der Waals surface area contributed by atoms with E-state index >= 15 is 0 Å². The zero-order chi connectivity index (χ0) is 25.9. The van der Waals surface area contributed by atoms with Crippen molar-refractivity contribution in [3.63, 3.8) is 0 Å². The summed E-state index contributed by atoms with van der Waals surface area (Å²) < 4.78 is 162. The minimum absolute atomic E-state index is 0.422. The van der Waals surface area contributed by atoms with Gasteiger partial charge in [0.25, 0.3) is 0 Å². The molecular formula is C14H22F10N2O4S2. The van der Waals surface area contributed by atoms with Gasteiger partial charge in [-0.2, -0.15) is 43.9 Å². The summed E-state index contributed by atoms with van der Waals surface area (Å²) in [5.74, 6) is 0. The molecule has 1 aliphatic heterocycles. The number of unbranched alkanes of at least 4 members (excludes halogenated alkanes) is 1. The summed E-state index contributed by atoms with van der Waals surface area (Å²) in [5.41, 5.74) is 0. The van der Waals surface area contributed by atoms with Crippen LogP contribution in [0.3, 0.4) is 0 Å². The molecule has 0 radical (unpaired) electrons. The van der Waals surface area contributed by atoms with E-state index in [1.807, 2.05) is 0 Å². The van der Waals surface area contributed by atoms with Crippen molar-refractivity contribution >= 4 is 20.0 Å². The molecule has 1 saturated heterocycles. The third kappa shape index (κ3) is 7.31. The van der Waals surface area contributed by atoms with Gasteiger partial charge in [0.05, 0.1) is 26.7 Å². The molecule has 6 nitrogen and oxygen atoms in total. The largest absolute Gasteiger partial charge is 0.467 e. The number of hydrogen-bond donors (Lipinski definition) is 0. The molecular weight excluding hydrogens is 514 g/mol. The minimum atomic E-state index is -7.62. The van der Waals surface area contributed by atoms with Crippen molar-refractivity contribution in [2.45, 2.75) is 61.9 Å². The lowest BCUT2D eigenvalue weighted by atomic mass is 10.1. The molecule has 1 fully saturated rings. The highest BCUT2D eigenvalue weighted by Crippen LogP contribution is 2.47. The van der Waals surface area contributed by atoms with Crippen molar-refractivity contribution in [2.75, 3.05) is 26.7 Å². The Kier molecular flexibility index (Phi) is 9.89. The van der Waals surface area contributed by atoms with Crippen molar-refractivity contribution in [2.24, 2.45) is 0 Å². The lowest BCUT2D eigenvalue weighted by Gasteiger charge is -2.37. The molecule has 1 aliphatic rings. The second-order valence-electron chi connectivity index (χ2n) is 7.26. The third-order valence-electron chi connectivity index (χ3n) is 4.45. The summed E-state index contributed by atoms with van der Waals surface area (Å²) in [4.78, 5) is 0. The van der Waals surface area contributed by atoms with Gasteiger partial charge in [-0.05, 0) is 25.7 Å². The molecule has 1 rings (SSSR count). The molecule has 0 amide bonds. The topological polar surface area (TPSA) is 82.4 Å². The van der Waals surface area contributed by atoms with Gasteiger partial charge >= 0.3 is 22.9 Å². The minimum Gasteiger partial charge on any atom is -0.425 e. The van der Waals surface area contributed by atoms with Crippen LogP contribution in [0.2, 0.25) is 0 Å². The molecule has 0 bridgehead atoms. The number of alkyl halides is 10. The zero-order valence-corrected chi connectivity index (χ0v) is 18.4. The van der Waals surface area contributed by atoms with Crippen LogP contribution in [0, 0.1) is 0 Å². The Morgan fingerprint density at radius 3 is 1.34 bits per heavy atom. The Hall–Kier alpha value is -0.880. The highest BCUT2D eigenvalue weighted by atomic mass is 32.3. The fraction of sp³-hybridized carbons (Fsp3) is 1.00. The average molecular weight is 536 g/mol. The lowest BCUT2D eigenvalue weighted by Crippen LogP contribution is -2.48. The van der Waals surface area contributed by atoms with Crippen molar-refractivity contribution in [1.82, 2.24) is 0 Å². The first-order valence-electron chi connectivity index (χ1n) is 8.93. The van der Waals surface area contributed by atoms with Crippen LogP contribution in [-0.2, 0) is 20.0 Å². The zero-order valence-electron chi connectivity index (χ0n) is 16.8. The molecule has 0 aliphatic carbocycles. The summed E-state index contributed by atoms with van der Waals surface area (Å²) in [7, 11) is -12.8. The molecule has 0 unspecified atom stereocenters. The van der Waals surface area contributed by atoms with Crippen LogP contribution in [0.5, 0.6) is 0 Å². The molecule has 0 aromatic rings. The molecule has 0 spiro atoms. The second kappa shape index (κ2) is 10.2. The van der Waals surface area contributed by atoms with Gasteiger partial charge in [-0.25, -0.2) is 16.8 Å². The number of piperidine rings is 1. The van der Waals surface area contributed by atoms with Crippen LogP contribution < -0.4 is 0 Å². The first-order chi connectivity index (χ1) is 14.0. The number of quaternary nitrogens is 1. The van der Waals surface area contributed by atoms with Gasteiger partial charge in [-0.1, -0.05) is 13.3 Å². The quantitative estimate of drug-likeness (QED) is 0.348. The SMILES string of the molecule is CCCC[N+]1(C)CCCCC1.O=S(=O)([N-]S(=O)(=O)C(F)(F)C(F)(F)F)C(F)(F)C(F)(F)F. The van der Waals surface area contributed by atoms with Crippen LogP contribution in [0.15, 0.2) is 0 Å². The van der Waals surface area contributed by atoms with E-state index in [2.05, 4.69) is 14.0 Å². The van der Waals surface area contributed by atoms with Gasteiger partial charge in [-0.3, -0.25) is 0 Å². The number of hydrogen-bond acceptors (Lipinski definition) is 4. The summed E-state index contributed by atoms with van der Waals surface area (Å²) in [6.45, 7) is 6.56.